The molecular weight excluding hydrogens is 292 g/mol. The average molecular weight is 311 g/mol. The molecule has 0 spiro atoms. The molecule has 1 saturated heterocycles. The van der Waals surface area contributed by atoms with Crippen molar-refractivity contribution in [1.82, 2.24) is 9.80 Å². The zero-order valence-electron chi connectivity index (χ0n) is 12.2. The third-order valence-corrected chi connectivity index (χ3v) is 4.01. The van der Waals surface area contributed by atoms with Crippen molar-refractivity contribution in [3.05, 3.63) is 34.3 Å². The normalized spacial score (nSPS) is 17.6. The van der Waals surface area contributed by atoms with Crippen molar-refractivity contribution in [2.24, 2.45) is 0 Å². The SMILES string of the molecule is Cc1cc(Cl)cc(C(=O)N2CCN(C(C)C(=O)O)CC2)c1. The van der Waals surface area contributed by atoms with E-state index in [0.717, 1.165) is 5.56 Å². The fourth-order valence-electron chi connectivity index (χ4n) is 2.51. The summed E-state index contributed by atoms with van der Waals surface area (Å²) in [4.78, 5) is 27.0. The molecule has 0 aromatic heterocycles. The van der Waals surface area contributed by atoms with E-state index in [2.05, 4.69) is 0 Å². The Labute approximate surface area is 129 Å². The molecule has 21 heavy (non-hydrogen) atoms. The standard InChI is InChI=1S/C15H19ClN2O3/c1-10-7-12(9-13(16)8-10)14(19)18-5-3-17(4-6-18)11(2)15(20)21/h7-9,11H,3-6H2,1-2H3,(H,20,21). The first-order chi connectivity index (χ1) is 9.88. The summed E-state index contributed by atoms with van der Waals surface area (Å²) in [6, 6.07) is 4.78. The van der Waals surface area contributed by atoms with Gasteiger partial charge in [-0.15, -0.1) is 0 Å². The summed E-state index contributed by atoms with van der Waals surface area (Å²) in [7, 11) is 0. The molecule has 6 heteroatoms. The minimum absolute atomic E-state index is 0.0526. The van der Waals surface area contributed by atoms with Crippen LogP contribution in [-0.2, 0) is 4.79 Å². The molecule has 1 amide bonds. The Balaban J connectivity index is 2.01. The molecule has 0 radical (unpaired) electrons. The Bertz CT molecular complexity index is 534. The molecule has 0 aliphatic carbocycles. The number of hydrogen-bond donors (Lipinski definition) is 1. The van der Waals surface area contributed by atoms with Crippen molar-refractivity contribution in [3.63, 3.8) is 0 Å². The minimum atomic E-state index is -0.833. The predicted molar refractivity (Wildman–Crippen MR) is 80.8 cm³/mol. The summed E-state index contributed by atoms with van der Waals surface area (Å²) in [5.41, 5.74) is 1.53. The molecule has 2 rings (SSSR count). The first kappa shape index (κ1) is 15.8. The molecular formula is C15H19ClN2O3. The number of amides is 1. The predicted octanol–water partition coefficient (Wildman–Crippen LogP) is 1.88. The van der Waals surface area contributed by atoms with Crippen LogP contribution in [0.2, 0.25) is 5.02 Å². The van der Waals surface area contributed by atoms with Crippen LogP contribution in [0, 0.1) is 6.92 Å². The number of nitrogens with zero attached hydrogens (tertiary/aromatic N) is 2. The Morgan fingerprint density at radius 1 is 1.19 bits per heavy atom. The number of carbonyl (C=O) groups excluding carboxylic acids is 1. The number of hydrogen-bond acceptors (Lipinski definition) is 3. The summed E-state index contributed by atoms with van der Waals surface area (Å²) in [6.07, 6.45) is 0. The fourth-order valence-corrected chi connectivity index (χ4v) is 2.80. The van der Waals surface area contributed by atoms with Crippen molar-refractivity contribution < 1.29 is 14.7 Å². The molecule has 1 aromatic rings. The summed E-state index contributed by atoms with van der Waals surface area (Å²) in [6.45, 7) is 5.76. The highest BCUT2D eigenvalue weighted by Crippen LogP contribution is 2.17. The van der Waals surface area contributed by atoms with Crippen LogP contribution >= 0.6 is 11.6 Å². The highest BCUT2D eigenvalue weighted by Gasteiger charge is 2.27. The smallest absolute Gasteiger partial charge is 0.320 e. The Morgan fingerprint density at radius 3 is 2.33 bits per heavy atom. The zero-order valence-corrected chi connectivity index (χ0v) is 12.9. The number of halogens is 1. The van der Waals surface area contributed by atoms with E-state index in [1.54, 1.807) is 17.9 Å². The average Bonchev–Trinajstić information content (AvgIpc) is 2.44. The molecule has 1 aromatic carbocycles. The minimum Gasteiger partial charge on any atom is -0.480 e. The van der Waals surface area contributed by atoms with Crippen molar-refractivity contribution in [2.45, 2.75) is 19.9 Å². The summed E-state index contributed by atoms with van der Waals surface area (Å²) < 4.78 is 0. The fraction of sp³-hybridized carbons (Fsp3) is 0.467. The van der Waals surface area contributed by atoms with E-state index in [1.807, 2.05) is 24.0 Å². The molecule has 0 bridgehead atoms. The molecule has 0 saturated carbocycles. The van der Waals surface area contributed by atoms with Crippen LogP contribution in [0.15, 0.2) is 18.2 Å². The van der Waals surface area contributed by atoms with Gasteiger partial charge in [-0.05, 0) is 37.6 Å². The number of carbonyl (C=O) groups is 2. The number of rotatable bonds is 3. The van der Waals surface area contributed by atoms with Crippen LogP contribution in [0.1, 0.15) is 22.8 Å². The Hall–Kier alpha value is -1.59. The highest BCUT2D eigenvalue weighted by atomic mass is 35.5. The van der Waals surface area contributed by atoms with E-state index in [1.165, 1.54) is 0 Å². The maximum Gasteiger partial charge on any atom is 0.320 e. The molecule has 114 valence electrons. The lowest BCUT2D eigenvalue weighted by molar-refractivity contribution is -0.143. The second-order valence-corrected chi connectivity index (χ2v) is 5.80. The van der Waals surface area contributed by atoms with Crippen LogP contribution in [0.3, 0.4) is 0 Å². The number of benzene rings is 1. The molecule has 1 aliphatic heterocycles. The first-order valence-electron chi connectivity index (χ1n) is 6.92. The quantitative estimate of drug-likeness (QED) is 0.926. The highest BCUT2D eigenvalue weighted by molar-refractivity contribution is 6.31. The van der Waals surface area contributed by atoms with E-state index in [9.17, 15) is 9.59 Å². The van der Waals surface area contributed by atoms with Crippen molar-refractivity contribution in [1.29, 1.82) is 0 Å². The second kappa shape index (κ2) is 6.45. The third kappa shape index (κ3) is 3.74. The van der Waals surface area contributed by atoms with E-state index in [4.69, 9.17) is 16.7 Å². The van der Waals surface area contributed by atoms with Gasteiger partial charge in [0.15, 0.2) is 0 Å². The Morgan fingerprint density at radius 2 is 1.81 bits per heavy atom. The van der Waals surface area contributed by atoms with Crippen LogP contribution in [0.5, 0.6) is 0 Å². The molecule has 1 N–H and O–H groups in total. The lowest BCUT2D eigenvalue weighted by Gasteiger charge is -2.36. The number of piperazine rings is 1. The molecule has 1 unspecified atom stereocenters. The van der Waals surface area contributed by atoms with Gasteiger partial charge in [0.25, 0.3) is 5.91 Å². The molecule has 1 fully saturated rings. The van der Waals surface area contributed by atoms with E-state index in [-0.39, 0.29) is 5.91 Å². The summed E-state index contributed by atoms with van der Waals surface area (Å²) in [5, 5.41) is 9.56. The van der Waals surface area contributed by atoms with Gasteiger partial charge in [0.1, 0.15) is 6.04 Å². The van der Waals surface area contributed by atoms with E-state index < -0.39 is 12.0 Å². The van der Waals surface area contributed by atoms with Gasteiger partial charge in [-0.2, -0.15) is 0 Å². The van der Waals surface area contributed by atoms with Gasteiger partial charge in [-0.3, -0.25) is 14.5 Å². The van der Waals surface area contributed by atoms with Crippen molar-refractivity contribution in [3.8, 4) is 0 Å². The van der Waals surface area contributed by atoms with Crippen molar-refractivity contribution >= 4 is 23.5 Å². The number of carboxylic acid groups (broad SMARTS) is 1. The maximum atomic E-state index is 12.4. The third-order valence-electron chi connectivity index (χ3n) is 3.80. The van der Waals surface area contributed by atoms with E-state index >= 15 is 0 Å². The lowest BCUT2D eigenvalue weighted by atomic mass is 10.1. The van der Waals surface area contributed by atoms with Crippen LogP contribution in [0.25, 0.3) is 0 Å². The van der Waals surface area contributed by atoms with Crippen molar-refractivity contribution in [2.75, 3.05) is 26.2 Å². The van der Waals surface area contributed by atoms with Gasteiger partial charge in [-0.25, -0.2) is 0 Å². The van der Waals surface area contributed by atoms with Crippen LogP contribution in [0.4, 0.5) is 0 Å². The number of aryl methyl sites for hydroxylation is 1. The van der Waals surface area contributed by atoms with Gasteiger partial charge >= 0.3 is 5.97 Å². The number of carboxylic acids is 1. The lowest BCUT2D eigenvalue weighted by Crippen LogP contribution is -2.53. The number of aliphatic carboxylic acids is 1. The van der Waals surface area contributed by atoms with E-state index in [0.29, 0.717) is 36.8 Å². The monoisotopic (exact) mass is 310 g/mol. The molecule has 1 heterocycles. The molecule has 1 atom stereocenters. The zero-order chi connectivity index (χ0) is 15.6. The maximum absolute atomic E-state index is 12.4. The largest absolute Gasteiger partial charge is 0.480 e. The summed E-state index contributed by atoms with van der Waals surface area (Å²) >= 11 is 5.99. The van der Waals surface area contributed by atoms with Gasteiger partial charge < -0.3 is 10.0 Å². The van der Waals surface area contributed by atoms with Crippen LogP contribution in [-0.4, -0.2) is 59.0 Å². The van der Waals surface area contributed by atoms with Gasteiger partial charge in [0.2, 0.25) is 0 Å². The van der Waals surface area contributed by atoms with Crippen LogP contribution < -0.4 is 0 Å². The topological polar surface area (TPSA) is 60.9 Å². The first-order valence-corrected chi connectivity index (χ1v) is 7.29. The Kier molecular flexibility index (Phi) is 4.85. The summed E-state index contributed by atoms with van der Waals surface area (Å²) in [5.74, 6) is -0.886. The molecule has 5 nitrogen and oxygen atoms in total. The van der Waals surface area contributed by atoms with Gasteiger partial charge in [-0.1, -0.05) is 11.6 Å². The second-order valence-electron chi connectivity index (χ2n) is 5.36. The molecule has 1 aliphatic rings. The van der Waals surface area contributed by atoms with Gasteiger partial charge in [0.05, 0.1) is 0 Å². The van der Waals surface area contributed by atoms with Gasteiger partial charge in [0, 0.05) is 36.8 Å².